The second kappa shape index (κ2) is 4.52. The summed E-state index contributed by atoms with van der Waals surface area (Å²) in [6, 6.07) is 0.00505. The van der Waals surface area contributed by atoms with Crippen molar-refractivity contribution >= 4 is 21.3 Å². The second-order valence-corrected chi connectivity index (χ2v) is 6.99. The normalized spacial score (nSPS) is 24.7. The van der Waals surface area contributed by atoms with Gasteiger partial charge in [0.1, 0.15) is 12.0 Å². The monoisotopic (exact) mass is 284 g/mol. The molecule has 8 heteroatoms. The first-order valence-electron chi connectivity index (χ1n) is 6.20. The maximum absolute atomic E-state index is 11.6. The van der Waals surface area contributed by atoms with Gasteiger partial charge in [0.15, 0.2) is 15.7 Å². The lowest BCUT2D eigenvalue weighted by atomic mass is 10.2. The first-order chi connectivity index (χ1) is 9.11. The van der Waals surface area contributed by atoms with E-state index in [0.717, 1.165) is 24.6 Å². The molecule has 19 heavy (non-hydrogen) atoms. The van der Waals surface area contributed by atoms with Crippen molar-refractivity contribution < 1.29 is 13.2 Å². The summed E-state index contributed by atoms with van der Waals surface area (Å²) in [5, 5.41) is 3.22. The minimum Gasteiger partial charge on any atom is -0.479 e. The summed E-state index contributed by atoms with van der Waals surface area (Å²) in [6.07, 6.45) is 2.11. The molecule has 0 bridgehead atoms. The minimum absolute atomic E-state index is 0.00505. The lowest BCUT2D eigenvalue weighted by Crippen LogP contribution is -2.43. The van der Waals surface area contributed by atoms with Crippen LogP contribution in [0, 0.1) is 0 Å². The largest absolute Gasteiger partial charge is 0.479 e. The van der Waals surface area contributed by atoms with Crippen LogP contribution in [0.2, 0.25) is 0 Å². The molecule has 2 aliphatic heterocycles. The summed E-state index contributed by atoms with van der Waals surface area (Å²) in [6.45, 7) is 1.47. The molecule has 0 amide bonds. The SMILES string of the molecule is COc1ncnc2c1NCCN2C1CCS(=O)(=O)C1. The summed E-state index contributed by atoms with van der Waals surface area (Å²) < 4.78 is 28.4. The lowest BCUT2D eigenvalue weighted by Gasteiger charge is -2.34. The Morgan fingerprint density at radius 1 is 1.47 bits per heavy atom. The summed E-state index contributed by atoms with van der Waals surface area (Å²) in [5.41, 5.74) is 0.751. The zero-order valence-electron chi connectivity index (χ0n) is 10.7. The van der Waals surface area contributed by atoms with E-state index in [2.05, 4.69) is 20.2 Å². The number of anilines is 2. The molecule has 3 rings (SSSR count). The van der Waals surface area contributed by atoms with Gasteiger partial charge in [0, 0.05) is 19.1 Å². The number of nitrogens with zero attached hydrogens (tertiary/aromatic N) is 3. The lowest BCUT2D eigenvalue weighted by molar-refractivity contribution is 0.397. The molecule has 3 heterocycles. The van der Waals surface area contributed by atoms with E-state index in [-0.39, 0.29) is 17.5 Å². The highest BCUT2D eigenvalue weighted by Gasteiger charge is 2.35. The van der Waals surface area contributed by atoms with Gasteiger partial charge in [-0.2, -0.15) is 4.98 Å². The molecule has 104 valence electrons. The number of sulfone groups is 1. The van der Waals surface area contributed by atoms with Gasteiger partial charge in [-0.3, -0.25) is 0 Å². The maximum atomic E-state index is 11.6. The van der Waals surface area contributed by atoms with Crippen molar-refractivity contribution in [1.82, 2.24) is 9.97 Å². The van der Waals surface area contributed by atoms with Gasteiger partial charge in [-0.25, -0.2) is 13.4 Å². The molecule has 0 radical (unpaired) electrons. The van der Waals surface area contributed by atoms with Gasteiger partial charge in [0.05, 0.1) is 18.6 Å². The van der Waals surface area contributed by atoms with Gasteiger partial charge in [-0.05, 0) is 6.42 Å². The average Bonchev–Trinajstić information content (AvgIpc) is 2.77. The Labute approximate surface area is 111 Å². The summed E-state index contributed by atoms with van der Waals surface area (Å²) in [5.74, 6) is 1.70. The standard InChI is InChI=1S/C11H16N4O3S/c1-18-11-9-10(13-7-14-11)15(4-3-12-9)8-2-5-19(16,17)6-8/h7-8,12H,2-6H2,1H3. The van der Waals surface area contributed by atoms with Crippen molar-refractivity contribution in [3.63, 3.8) is 0 Å². The first kappa shape index (κ1) is 12.5. The van der Waals surface area contributed by atoms with E-state index >= 15 is 0 Å². The van der Waals surface area contributed by atoms with Crippen LogP contribution in [0.5, 0.6) is 5.88 Å². The quantitative estimate of drug-likeness (QED) is 0.812. The third-order valence-corrected chi connectivity index (χ3v) is 5.31. The number of nitrogens with one attached hydrogen (secondary N) is 1. The van der Waals surface area contributed by atoms with E-state index in [1.54, 1.807) is 7.11 Å². The van der Waals surface area contributed by atoms with E-state index in [1.807, 2.05) is 0 Å². The van der Waals surface area contributed by atoms with Crippen molar-refractivity contribution in [2.45, 2.75) is 12.5 Å². The van der Waals surface area contributed by atoms with Gasteiger partial charge < -0.3 is 15.0 Å². The van der Waals surface area contributed by atoms with Gasteiger partial charge in [-0.1, -0.05) is 0 Å². The molecule has 0 spiro atoms. The average molecular weight is 284 g/mol. The maximum Gasteiger partial charge on any atom is 0.242 e. The Morgan fingerprint density at radius 2 is 2.32 bits per heavy atom. The Morgan fingerprint density at radius 3 is 3.00 bits per heavy atom. The van der Waals surface area contributed by atoms with Crippen LogP contribution in [0.4, 0.5) is 11.5 Å². The van der Waals surface area contributed by atoms with Crippen molar-refractivity contribution in [1.29, 1.82) is 0 Å². The van der Waals surface area contributed by atoms with Crippen LogP contribution >= 0.6 is 0 Å². The van der Waals surface area contributed by atoms with Gasteiger partial charge in [0.2, 0.25) is 5.88 Å². The number of ether oxygens (including phenoxy) is 1. The highest BCUT2D eigenvalue weighted by molar-refractivity contribution is 7.91. The fourth-order valence-electron chi connectivity index (χ4n) is 2.67. The molecule has 2 aliphatic rings. The molecule has 1 atom stereocenters. The van der Waals surface area contributed by atoms with E-state index in [9.17, 15) is 8.42 Å². The van der Waals surface area contributed by atoms with Crippen LogP contribution in [0.25, 0.3) is 0 Å². The Hall–Kier alpha value is -1.57. The molecule has 7 nitrogen and oxygen atoms in total. The number of fused-ring (bicyclic) bond motifs is 1. The van der Waals surface area contributed by atoms with Crippen LogP contribution in [0.3, 0.4) is 0 Å². The zero-order valence-corrected chi connectivity index (χ0v) is 11.5. The molecule has 1 unspecified atom stereocenters. The van der Waals surface area contributed by atoms with Gasteiger partial charge in [0.25, 0.3) is 0 Å². The predicted octanol–water partition coefficient (Wildman–Crippen LogP) is -0.0958. The summed E-state index contributed by atoms with van der Waals surface area (Å²) in [4.78, 5) is 10.4. The van der Waals surface area contributed by atoms with Crippen LogP contribution in [0.15, 0.2) is 6.33 Å². The fraction of sp³-hybridized carbons (Fsp3) is 0.636. The second-order valence-electron chi connectivity index (χ2n) is 4.76. The molecular formula is C11H16N4O3S. The molecule has 0 aromatic carbocycles. The van der Waals surface area contributed by atoms with Crippen LogP contribution in [-0.2, 0) is 9.84 Å². The zero-order chi connectivity index (χ0) is 13.5. The number of hydrogen-bond acceptors (Lipinski definition) is 7. The Bertz CT molecular complexity index is 590. The number of rotatable bonds is 2. The molecule has 1 N–H and O–H groups in total. The molecule has 1 aromatic heterocycles. The molecule has 0 aliphatic carbocycles. The van der Waals surface area contributed by atoms with Gasteiger partial charge in [-0.15, -0.1) is 0 Å². The highest BCUT2D eigenvalue weighted by atomic mass is 32.2. The number of methoxy groups -OCH3 is 1. The van der Waals surface area contributed by atoms with Crippen LogP contribution in [0.1, 0.15) is 6.42 Å². The number of aromatic nitrogens is 2. The number of hydrogen-bond donors (Lipinski definition) is 1. The minimum atomic E-state index is -2.90. The molecular weight excluding hydrogens is 268 g/mol. The summed E-state index contributed by atoms with van der Waals surface area (Å²) >= 11 is 0. The Balaban J connectivity index is 1.95. The molecule has 1 fully saturated rings. The molecule has 0 saturated carbocycles. The van der Waals surface area contributed by atoms with Gasteiger partial charge >= 0.3 is 0 Å². The van der Waals surface area contributed by atoms with E-state index in [1.165, 1.54) is 6.33 Å². The van der Waals surface area contributed by atoms with E-state index < -0.39 is 9.84 Å². The van der Waals surface area contributed by atoms with E-state index in [0.29, 0.717) is 12.3 Å². The topological polar surface area (TPSA) is 84.4 Å². The van der Waals surface area contributed by atoms with E-state index in [4.69, 9.17) is 4.74 Å². The molecule has 1 saturated heterocycles. The smallest absolute Gasteiger partial charge is 0.242 e. The van der Waals surface area contributed by atoms with Crippen molar-refractivity contribution in [3.05, 3.63) is 6.33 Å². The van der Waals surface area contributed by atoms with Crippen LogP contribution in [-0.4, -0.2) is 56.1 Å². The third kappa shape index (κ3) is 2.20. The summed E-state index contributed by atoms with van der Waals surface area (Å²) in [7, 11) is -1.34. The van der Waals surface area contributed by atoms with Crippen LogP contribution < -0.4 is 15.0 Å². The van der Waals surface area contributed by atoms with Crippen molar-refractivity contribution in [3.8, 4) is 5.88 Å². The fourth-order valence-corrected chi connectivity index (χ4v) is 4.40. The highest BCUT2D eigenvalue weighted by Crippen LogP contribution is 2.35. The van der Waals surface area contributed by atoms with Crippen molar-refractivity contribution in [2.75, 3.05) is 41.9 Å². The molecule has 1 aromatic rings. The third-order valence-electron chi connectivity index (χ3n) is 3.56. The Kier molecular flexibility index (Phi) is 2.96. The predicted molar refractivity (Wildman–Crippen MR) is 71.5 cm³/mol. The van der Waals surface area contributed by atoms with Crippen molar-refractivity contribution in [2.24, 2.45) is 0 Å². The first-order valence-corrected chi connectivity index (χ1v) is 8.03.